The molecular weight excluding hydrogens is 254 g/mol. The quantitative estimate of drug-likeness (QED) is 0.511. The SMILES string of the molecule is CC(C)(C)OC(=O)c1ccc(C(=O)O)c([N+](=O)[O-])c1. The van der Waals surface area contributed by atoms with Crippen LogP contribution in [0.1, 0.15) is 41.5 Å². The average Bonchev–Trinajstić information content (AvgIpc) is 2.25. The van der Waals surface area contributed by atoms with E-state index in [4.69, 9.17) is 9.84 Å². The smallest absolute Gasteiger partial charge is 0.342 e. The lowest BCUT2D eigenvalue weighted by Gasteiger charge is -2.19. The molecule has 19 heavy (non-hydrogen) atoms. The van der Waals surface area contributed by atoms with Crippen LogP contribution in [0.4, 0.5) is 5.69 Å². The van der Waals surface area contributed by atoms with Gasteiger partial charge < -0.3 is 9.84 Å². The number of hydrogen-bond donors (Lipinski definition) is 1. The van der Waals surface area contributed by atoms with Gasteiger partial charge in [0.15, 0.2) is 0 Å². The molecule has 0 aliphatic rings. The van der Waals surface area contributed by atoms with Gasteiger partial charge in [-0.3, -0.25) is 10.1 Å². The molecule has 0 unspecified atom stereocenters. The summed E-state index contributed by atoms with van der Waals surface area (Å²) in [5.74, 6) is -2.17. The number of carboxylic acids is 1. The molecule has 0 aromatic heterocycles. The van der Waals surface area contributed by atoms with E-state index in [0.717, 1.165) is 12.1 Å². The van der Waals surface area contributed by atoms with E-state index in [2.05, 4.69) is 0 Å². The molecule has 0 saturated heterocycles. The summed E-state index contributed by atoms with van der Waals surface area (Å²) in [6, 6.07) is 3.10. The van der Waals surface area contributed by atoms with Crippen LogP contribution in [0.3, 0.4) is 0 Å². The van der Waals surface area contributed by atoms with Crippen molar-refractivity contribution in [3.05, 3.63) is 39.4 Å². The van der Waals surface area contributed by atoms with E-state index in [9.17, 15) is 19.7 Å². The summed E-state index contributed by atoms with van der Waals surface area (Å²) in [6.07, 6.45) is 0. The largest absolute Gasteiger partial charge is 0.477 e. The number of carbonyl (C=O) groups is 2. The van der Waals surface area contributed by atoms with Crippen LogP contribution in [0.2, 0.25) is 0 Å². The second-order valence-corrected chi connectivity index (χ2v) is 4.80. The van der Waals surface area contributed by atoms with Gasteiger partial charge in [-0.05, 0) is 32.9 Å². The lowest BCUT2D eigenvalue weighted by Crippen LogP contribution is -2.24. The van der Waals surface area contributed by atoms with Gasteiger partial charge >= 0.3 is 11.9 Å². The normalized spacial score (nSPS) is 10.9. The summed E-state index contributed by atoms with van der Waals surface area (Å²) >= 11 is 0. The molecule has 0 aliphatic carbocycles. The van der Waals surface area contributed by atoms with Gasteiger partial charge in [0.25, 0.3) is 5.69 Å². The highest BCUT2D eigenvalue weighted by atomic mass is 16.6. The van der Waals surface area contributed by atoms with Crippen molar-refractivity contribution in [1.29, 1.82) is 0 Å². The third-order valence-electron chi connectivity index (χ3n) is 2.06. The van der Waals surface area contributed by atoms with Crippen LogP contribution in [-0.4, -0.2) is 27.6 Å². The molecule has 0 radical (unpaired) electrons. The number of aromatic carboxylic acids is 1. The van der Waals surface area contributed by atoms with Crippen molar-refractivity contribution >= 4 is 17.6 Å². The van der Waals surface area contributed by atoms with Gasteiger partial charge in [0.1, 0.15) is 11.2 Å². The second kappa shape index (κ2) is 5.05. The van der Waals surface area contributed by atoms with Crippen molar-refractivity contribution in [2.24, 2.45) is 0 Å². The molecule has 1 N–H and O–H groups in total. The number of carbonyl (C=O) groups excluding carboxylic acids is 1. The van der Waals surface area contributed by atoms with Crippen LogP contribution < -0.4 is 0 Å². The Labute approximate surface area is 109 Å². The molecule has 0 aliphatic heterocycles. The number of hydrogen-bond acceptors (Lipinski definition) is 5. The fourth-order valence-electron chi connectivity index (χ4n) is 1.33. The Bertz CT molecular complexity index is 544. The lowest BCUT2D eigenvalue weighted by molar-refractivity contribution is -0.385. The Morgan fingerprint density at radius 2 is 1.89 bits per heavy atom. The topological polar surface area (TPSA) is 107 Å². The Morgan fingerprint density at radius 3 is 2.32 bits per heavy atom. The van der Waals surface area contributed by atoms with Crippen LogP contribution >= 0.6 is 0 Å². The minimum Gasteiger partial charge on any atom is -0.477 e. The predicted molar refractivity (Wildman–Crippen MR) is 65.2 cm³/mol. The molecule has 7 heteroatoms. The standard InChI is InChI=1S/C12H13NO6/c1-12(2,3)19-11(16)7-4-5-8(10(14)15)9(6-7)13(17)18/h4-6H,1-3H3,(H,14,15). The minimum atomic E-state index is -1.43. The maximum atomic E-state index is 11.7. The summed E-state index contributed by atoms with van der Waals surface area (Å²) in [5, 5.41) is 19.6. The Kier molecular flexibility index (Phi) is 3.89. The number of rotatable bonds is 3. The van der Waals surface area contributed by atoms with Gasteiger partial charge in [0.05, 0.1) is 10.5 Å². The van der Waals surface area contributed by atoms with Gasteiger partial charge in [-0.15, -0.1) is 0 Å². The summed E-state index contributed by atoms with van der Waals surface area (Å²) in [5.41, 5.74) is -1.92. The highest BCUT2D eigenvalue weighted by molar-refractivity contribution is 5.96. The number of carboxylic acid groups (broad SMARTS) is 1. The van der Waals surface area contributed by atoms with Gasteiger partial charge in [0, 0.05) is 6.07 Å². The van der Waals surface area contributed by atoms with E-state index in [0.29, 0.717) is 0 Å². The van der Waals surface area contributed by atoms with Gasteiger partial charge in [0.2, 0.25) is 0 Å². The number of nitrogens with zero attached hydrogens (tertiary/aromatic N) is 1. The fraction of sp³-hybridized carbons (Fsp3) is 0.333. The Hall–Kier alpha value is -2.44. The first-order chi connectivity index (χ1) is 8.61. The van der Waals surface area contributed by atoms with E-state index in [-0.39, 0.29) is 5.56 Å². The van der Waals surface area contributed by atoms with E-state index in [1.807, 2.05) is 0 Å². The zero-order valence-electron chi connectivity index (χ0n) is 10.7. The number of ether oxygens (including phenoxy) is 1. The number of benzene rings is 1. The highest BCUT2D eigenvalue weighted by Gasteiger charge is 2.24. The zero-order chi connectivity index (χ0) is 14.8. The van der Waals surface area contributed by atoms with Crippen molar-refractivity contribution in [2.75, 3.05) is 0 Å². The molecule has 0 atom stereocenters. The number of nitro groups is 1. The third-order valence-corrected chi connectivity index (χ3v) is 2.06. The molecule has 7 nitrogen and oxygen atoms in total. The van der Waals surface area contributed by atoms with Crippen LogP contribution in [0.25, 0.3) is 0 Å². The third kappa shape index (κ3) is 3.77. The molecule has 1 aromatic carbocycles. The fourth-order valence-corrected chi connectivity index (χ4v) is 1.33. The lowest BCUT2D eigenvalue weighted by atomic mass is 10.1. The first-order valence-corrected chi connectivity index (χ1v) is 5.37. The molecule has 1 aromatic rings. The Balaban J connectivity index is 3.19. The molecule has 0 saturated carbocycles. The molecule has 0 fully saturated rings. The first kappa shape index (κ1) is 14.6. The van der Waals surface area contributed by atoms with Gasteiger partial charge in [-0.2, -0.15) is 0 Å². The van der Waals surface area contributed by atoms with E-state index in [1.54, 1.807) is 20.8 Å². The number of nitro benzene ring substituents is 1. The van der Waals surface area contributed by atoms with Crippen LogP contribution in [0.15, 0.2) is 18.2 Å². The summed E-state index contributed by atoms with van der Waals surface area (Å²) in [7, 11) is 0. The maximum Gasteiger partial charge on any atom is 0.342 e. The van der Waals surface area contributed by atoms with Gasteiger partial charge in [-0.25, -0.2) is 9.59 Å². The van der Waals surface area contributed by atoms with E-state index < -0.39 is 33.7 Å². The van der Waals surface area contributed by atoms with E-state index in [1.165, 1.54) is 6.07 Å². The van der Waals surface area contributed by atoms with Crippen LogP contribution in [0.5, 0.6) is 0 Å². The van der Waals surface area contributed by atoms with Crippen LogP contribution in [0, 0.1) is 10.1 Å². The van der Waals surface area contributed by atoms with Crippen molar-refractivity contribution in [3.8, 4) is 0 Å². The van der Waals surface area contributed by atoms with E-state index >= 15 is 0 Å². The zero-order valence-corrected chi connectivity index (χ0v) is 10.7. The van der Waals surface area contributed by atoms with Crippen molar-refractivity contribution < 1.29 is 24.4 Å². The second-order valence-electron chi connectivity index (χ2n) is 4.80. The van der Waals surface area contributed by atoms with Crippen LogP contribution in [-0.2, 0) is 4.74 Å². The number of esters is 1. The molecule has 1 rings (SSSR count). The molecule has 0 amide bonds. The average molecular weight is 267 g/mol. The Morgan fingerprint density at radius 1 is 1.32 bits per heavy atom. The maximum absolute atomic E-state index is 11.7. The monoisotopic (exact) mass is 267 g/mol. The first-order valence-electron chi connectivity index (χ1n) is 5.37. The summed E-state index contributed by atoms with van der Waals surface area (Å²) in [6.45, 7) is 4.97. The van der Waals surface area contributed by atoms with Crippen molar-refractivity contribution in [3.63, 3.8) is 0 Å². The molecule has 0 spiro atoms. The highest BCUT2D eigenvalue weighted by Crippen LogP contribution is 2.22. The summed E-state index contributed by atoms with van der Waals surface area (Å²) in [4.78, 5) is 32.5. The van der Waals surface area contributed by atoms with Crippen molar-refractivity contribution in [2.45, 2.75) is 26.4 Å². The van der Waals surface area contributed by atoms with Gasteiger partial charge in [-0.1, -0.05) is 0 Å². The molecular formula is C12H13NO6. The predicted octanol–water partition coefficient (Wildman–Crippen LogP) is 2.25. The summed E-state index contributed by atoms with van der Waals surface area (Å²) < 4.78 is 5.05. The minimum absolute atomic E-state index is 0.0633. The molecule has 102 valence electrons. The molecule has 0 heterocycles. The molecule has 0 bridgehead atoms. The van der Waals surface area contributed by atoms with Crippen molar-refractivity contribution in [1.82, 2.24) is 0 Å².